The predicted molar refractivity (Wildman–Crippen MR) is 64.3 cm³/mol. The first-order valence-corrected chi connectivity index (χ1v) is 5.86. The Bertz CT molecular complexity index is 422. The van der Waals surface area contributed by atoms with Gasteiger partial charge in [0.05, 0.1) is 12.6 Å². The zero-order chi connectivity index (χ0) is 12.3. The van der Waals surface area contributed by atoms with E-state index in [9.17, 15) is 4.79 Å². The van der Waals surface area contributed by atoms with E-state index >= 15 is 0 Å². The van der Waals surface area contributed by atoms with Crippen LogP contribution in [0.5, 0.6) is 0 Å². The van der Waals surface area contributed by atoms with Crippen molar-refractivity contribution in [1.82, 2.24) is 4.90 Å². The molecule has 1 saturated heterocycles. The molecule has 4 heteroatoms. The number of hydrogen-bond acceptors (Lipinski definition) is 3. The quantitative estimate of drug-likeness (QED) is 0.809. The van der Waals surface area contributed by atoms with Crippen molar-refractivity contribution in [3.05, 3.63) is 29.7 Å². The van der Waals surface area contributed by atoms with Crippen LogP contribution in [0.3, 0.4) is 0 Å². The molecule has 1 aliphatic rings. The predicted octanol–water partition coefficient (Wildman–Crippen LogP) is 1.58. The molecule has 1 amide bonds. The molecule has 92 valence electrons. The lowest BCUT2D eigenvalue weighted by Gasteiger charge is -2.21. The van der Waals surface area contributed by atoms with Crippen molar-refractivity contribution in [2.24, 2.45) is 0 Å². The zero-order valence-corrected chi connectivity index (χ0v) is 9.93. The Labute approximate surface area is 101 Å². The van der Waals surface area contributed by atoms with E-state index in [1.165, 1.54) is 6.08 Å². The standard InChI is InChI=1S/C13H17NO3/c1-10-4-5-12(17-10)6-7-13(16)14-8-2-3-11(14)9-15/h4-7,11,15H,2-3,8-9H2,1H3. The molecule has 1 aliphatic heterocycles. The molecule has 0 aromatic carbocycles. The van der Waals surface area contributed by atoms with Crippen LogP contribution in [0.25, 0.3) is 6.08 Å². The van der Waals surface area contributed by atoms with Gasteiger partial charge in [-0.25, -0.2) is 0 Å². The highest BCUT2D eigenvalue weighted by Gasteiger charge is 2.26. The molecule has 0 radical (unpaired) electrons. The molecule has 2 rings (SSSR count). The SMILES string of the molecule is Cc1ccc(C=CC(=O)N2CCCC2CO)o1. The topological polar surface area (TPSA) is 53.7 Å². The van der Waals surface area contributed by atoms with E-state index < -0.39 is 0 Å². The van der Waals surface area contributed by atoms with Crippen LogP contribution in [0.1, 0.15) is 24.4 Å². The molecule has 1 fully saturated rings. The van der Waals surface area contributed by atoms with E-state index in [1.807, 2.05) is 19.1 Å². The fourth-order valence-corrected chi connectivity index (χ4v) is 2.11. The van der Waals surface area contributed by atoms with Crippen molar-refractivity contribution >= 4 is 12.0 Å². The van der Waals surface area contributed by atoms with Gasteiger partial charge in [0.15, 0.2) is 0 Å². The maximum atomic E-state index is 11.9. The highest BCUT2D eigenvalue weighted by molar-refractivity contribution is 5.91. The second-order valence-electron chi connectivity index (χ2n) is 4.29. The van der Waals surface area contributed by atoms with Gasteiger partial charge in [-0.3, -0.25) is 4.79 Å². The average Bonchev–Trinajstić information content (AvgIpc) is 2.94. The zero-order valence-electron chi connectivity index (χ0n) is 9.93. The first-order chi connectivity index (χ1) is 8.20. The minimum absolute atomic E-state index is 0.0227. The minimum atomic E-state index is -0.0596. The van der Waals surface area contributed by atoms with Gasteiger partial charge in [-0.1, -0.05) is 0 Å². The summed E-state index contributed by atoms with van der Waals surface area (Å²) in [5.41, 5.74) is 0. The number of furan rings is 1. The summed E-state index contributed by atoms with van der Waals surface area (Å²) < 4.78 is 5.34. The lowest BCUT2D eigenvalue weighted by molar-refractivity contribution is -0.127. The van der Waals surface area contributed by atoms with Gasteiger partial charge in [0.1, 0.15) is 11.5 Å². The Morgan fingerprint density at radius 1 is 1.65 bits per heavy atom. The van der Waals surface area contributed by atoms with Gasteiger partial charge in [0.2, 0.25) is 5.91 Å². The molecule has 1 unspecified atom stereocenters. The van der Waals surface area contributed by atoms with E-state index in [4.69, 9.17) is 9.52 Å². The molecule has 1 N–H and O–H groups in total. The van der Waals surface area contributed by atoms with E-state index in [0.29, 0.717) is 5.76 Å². The van der Waals surface area contributed by atoms with Crippen molar-refractivity contribution in [3.8, 4) is 0 Å². The van der Waals surface area contributed by atoms with Crippen LogP contribution in [0, 0.1) is 6.92 Å². The van der Waals surface area contributed by atoms with Gasteiger partial charge in [0.25, 0.3) is 0 Å². The Hall–Kier alpha value is -1.55. The normalized spacial score (nSPS) is 20.4. The summed E-state index contributed by atoms with van der Waals surface area (Å²) in [7, 11) is 0. The van der Waals surface area contributed by atoms with Gasteiger partial charge >= 0.3 is 0 Å². The summed E-state index contributed by atoms with van der Waals surface area (Å²) in [5.74, 6) is 1.44. The fraction of sp³-hybridized carbons (Fsp3) is 0.462. The maximum Gasteiger partial charge on any atom is 0.247 e. The van der Waals surface area contributed by atoms with Crippen molar-refractivity contribution in [1.29, 1.82) is 0 Å². The van der Waals surface area contributed by atoms with Crippen LogP contribution in [0.2, 0.25) is 0 Å². The van der Waals surface area contributed by atoms with Crippen LogP contribution in [-0.4, -0.2) is 35.1 Å². The van der Waals surface area contributed by atoms with Crippen molar-refractivity contribution in [2.45, 2.75) is 25.8 Å². The summed E-state index contributed by atoms with van der Waals surface area (Å²) in [5, 5.41) is 9.14. The van der Waals surface area contributed by atoms with Gasteiger partial charge in [-0.15, -0.1) is 0 Å². The molecule has 2 heterocycles. The molecule has 0 bridgehead atoms. The van der Waals surface area contributed by atoms with Gasteiger partial charge in [-0.2, -0.15) is 0 Å². The number of aryl methyl sites for hydroxylation is 1. The van der Waals surface area contributed by atoms with Crippen LogP contribution in [-0.2, 0) is 4.79 Å². The molecule has 0 spiro atoms. The minimum Gasteiger partial charge on any atom is -0.462 e. The van der Waals surface area contributed by atoms with E-state index in [1.54, 1.807) is 11.0 Å². The first kappa shape index (κ1) is 11.9. The summed E-state index contributed by atoms with van der Waals surface area (Å²) in [6, 6.07) is 3.66. The van der Waals surface area contributed by atoms with Gasteiger partial charge in [0, 0.05) is 12.6 Å². The third kappa shape index (κ3) is 2.77. The molecule has 0 aliphatic carbocycles. The molecule has 4 nitrogen and oxygen atoms in total. The summed E-state index contributed by atoms with van der Waals surface area (Å²) >= 11 is 0. The number of hydrogen-bond donors (Lipinski definition) is 1. The van der Waals surface area contributed by atoms with Crippen molar-refractivity contribution in [2.75, 3.05) is 13.2 Å². The van der Waals surface area contributed by atoms with Crippen LogP contribution >= 0.6 is 0 Å². The Kier molecular flexibility index (Phi) is 3.64. The molecule has 17 heavy (non-hydrogen) atoms. The Morgan fingerprint density at radius 2 is 2.47 bits per heavy atom. The number of rotatable bonds is 3. The Balaban J connectivity index is 1.99. The second kappa shape index (κ2) is 5.19. The van der Waals surface area contributed by atoms with Crippen LogP contribution < -0.4 is 0 Å². The maximum absolute atomic E-state index is 11.9. The molecule has 1 aromatic heterocycles. The summed E-state index contributed by atoms with van der Waals surface area (Å²) in [6.45, 7) is 2.63. The van der Waals surface area contributed by atoms with E-state index in [0.717, 1.165) is 25.1 Å². The lowest BCUT2D eigenvalue weighted by atomic mass is 10.2. The largest absolute Gasteiger partial charge is 0.462 e. The summed E-state index contributed by atoms with van der Waals surface area (Å²) in [4.78, 5) is 13.6. The molecule has 1 aromatic rings. The number of carbonyl (C=O) groups is 1. The second-order valence-corrected chi connectivity index (χ2v) is 4.29. The number of carbonyl (C=O) groups excluding carboxylic acids is 1. The Morgan fingerprint density at radius 3 is 3.12 bits per heavy atom. The third-order valence-electron chi connectivity index (χ3n) is 3.02. The highest BCUT2D eigenvalue weighted by atomic mass is 16.3. The third-order valence-corrected chi connectivity index (χ3v) is 3.02. The lowest BCUT2D eigenvalue weighted by Crippen LogP contribution is -2.36. The molecular formula is C13H17NO3. The van der Waals surface area contributed by atoms with Gasteiger partial charge < -0.3 is 14.4 Å². The number of likely N-dealkylation sites (tertiary alicyclic amines) is 1. The number of nitrogens with zero attached hydrogens (tertiary/aromatic N) is 1. The molecule has 1 atom stereocenters. The van der Waals surface area contributed by atoms with Crippen LogP contribution in [0.15, 0.2) is 22.6 Å². The summed E-state index contributed by atoms with van der Waals surface area (Å²) in [6.07, 6.45) is 5.02. The van der Waals surface area contributed by atoms with Gasteiger partial charge in [-0.05, 0) is 38.0 Å². The molecule has 0 saturated carbocycles. The number of amides is 1. The molecular weight excluding hydrogens is 218 g/mol. The number of aliphatic hydroxyl groups excluding tert-OH is 1. The average molecular weight is 235 g/mol. The van der Waals surface area contributed by atoms with E-state index in [2.05, 4.69) is 0 Å². The first-order valence-electron chi connectivity index (χ1n) is 5.86. The highest BCUT2D eigenvalue weighted by Crippen LogP contribution is 2.17. The monoisotopic (exact) mass is 235 g/mol. The van der Waals surface area contributed by atoms with Crippen molar-refractivity contribution in [3.63, 3.8) is 0 Å². The smallest absolute Gasteiger partial charge is 0.247 e. The van der Waals surface area contributed by atoms with Crippen LogP contribution in [0.4, 0.5) is 0 Å². The number of aliphatic hydroxyl groups is 1. The van der Waals surface area contributed by atoms with Crippen molar-refractivity contribution < 1.29 is 14.3 Å². The van der Waals surface area contributed by atoms with E-state index in [-0.39, 0.29) is 18.6 Å². The fourth-order valence-electron chi connectivity index (χ4n) is 2.11.